The van der Waals surface area contributed by atoms with E-state index in [0.29, 0.717) is 19.1 Å². The normalized spacial score (nSPS) is 30.7. The van der Waals surface area contributed by atoms with Crippen LogP contribution in [0.4, 0.5) is 0 Å². The van der Waals surface area contributed by atoms with Crippen LogP contribution in [0.15, 0.2) is 18.2 Å². The fraction of sp³-hybridized carbons (Fsp3) is 0.625. The van der Waals surface area contributed by atoms with E-state index in [1.54, 1.807) is 0 Å². The second-order valence-corrected chi connectivity index (χ2v) is 5.95. The van der Waals surface area contributed by atoms with Crippen molar-refractivity contribution in [3.8, 4) is 11.5 Å². The molecule has 0 saturated heterocycles. The van der Waals surface area contributed by atoms with Gasteiger partial charge in [-0.1, -0.05) is 19.4 Å². The van der Waals surface area contributed by atoms with E-state index in [0.717, 1.165) is 42.7 Å². The van der Waals surface area contributed by atoms with Gasteiger partial charge in [-0.05, 0) is 42.9 Å². The molecule has 1 aromatic rings. The number of ether oxygens (including phenoxy) is 2. The first-order valence-corrected chi connectivity index (χ1v) is 7.30. The summed E-state index contributed by atoms with van der Waals surface area (Å²) in [5.41, 5.74) is 0.283. The van der Waals surface area contributed by atoms with Gasteiger partial charge in [-0.15, -0.1) is 0 Å². The zero-order chi connectivity index (χ0) is 13.3. The molecule has 0 radical (unpaired) electrons. The van der Waals surface area contributed by atoms with Crippen molar-refractivity contribution in [3.63, 3.8) is 0 Å². The number of fused-ring (bicyclic) bond motifs is 1. The van der Waals surface area contributed by atoms with Crippen LogP contribution < -0.4 is 9.47 Å². The molecule has 104 valence electrons. The van der Waals surface area contributed by atoms with Gasteiger partial charge in [0.15, 0.2) is 11.5 Å². The largest absolute Gasteiger partial charge is 0.490 e. The number of benzene rings is 1. The Labute approximate surface area is 114 Å². The van der Waals surface area contributed by atoms with E-state index < -0.39 is 5.60 Å². The summed E-state index contributed by atoms with van der Waals surface area (Å²) in [5.74, 6) is 2.16. The van der Waals surface area contributed by atoms with Crippen molar-refractivity contribution in [2.45, 2.75) is 44.6 Å². The lowest BCUT2D eigenvalue weighted by atomic mass is 9.75. The molecule has 1 aromatic carbocycles. The lowest BCUT2D eigenvalue weighted by Gasteiger charge is -2.36. The zero-order valence-electron chi connectivity index (χ0n) is 11.5. The van der Waals surface area contributed by atoms with Crippen LogP contribution in [0.3, 0.4) is 0 Å². The fourth-order valence-corrected chi connectivity index (χ4v) is 3.24. The third-order valence-electron chi connectivity index (χ3n) is 4.26. The minimum Gasteiger partial charge on any atom is -0.490 e. The lowest BCUT2D eigenvalue weighted by molar-refractivity contribution is -0.0180. The fourth-order valence-electron chi connectivity index (χ4n) is 3.24. The molecule has 1 aliphatic carbocycles. The summed E-state index contributed by atoms with van der Waals surface area (Å²) in [4.78, 5) is 0. The van der Waals surface area contributed by atoms with Crippen LogP contribution in [-0.2, 0) is 5.60 Å². The molecule has 3 nitrogen and oxygen atoms in total. The molecule has 1 N–H and O–H groups in total. The topological polar surface area (TPSA) is 38.7 Å². The van der Waals surface area contributed by atoms with Crippen molar-refractivity contribution in [1.82, 2.24) is 0 Å². The molecule has 1 heterocycles. The highest BCUT2D eigenvalue weighted by molar-refractivity contribution is 5.45. The average molecular weight is 262 g/mol. The van der Waals surface area contributed by atoms with Crippen LogP contribution in [0.5, 0.6) is 11.5 Å². The number of hydrogen-bond donors (Lipinski definition) is 1. The lowest BCUT2D eigenvalue weighted by Crippen LogP contribution is -2.31. The molecule has 19 heavy (non-hydrogen) atoms. The highest BCUT2D eigenvalue weighted by Crippen LogP contribution is 2.42. The van der Waals surface area contributed by atoms with Crippen LogP contribution in [-0.4, -0.2) is 18.3 Å². The van der Waals surface area contributed by atoms with E-state index in [1.807, 2.05) is 18.2 Å². The molecule has 3 rings (SSSR count). The highest BCUT2D eigenvalue weighted by atomic mass is 16.5. The molecule has 0 aromatic heterocycles. The van der Waals surface area contributed by atoms with Crippen LogP contribution in [0.25, 0.3) is 0 Å². The number of aliphatic hydroxyl groups is 1. The number of hydrogen-bond acceptors (Lipinski definition) is 3. The van der Waals surface area contributed by atoms with Gasteiger partial charge in [-0.25, -0.2) is 0 Å². The third-order valence-corrected chi connectivity index (χ3v) is 4.26. The summed E-state index contributed by atoms with van der Waals surface area (Å²) in [6.07, 6.45) is 4.90. The first-order chi connectivity index (χ1) is 9.17. The van der Waals surface area contributed by atoms with Crippen molar-refractivity contribution in [2.24, 2.45) is 5.92 Å². The third kappa shape index (κ3) is 2.57. The first kappa shape index (κ1) is 12.8. The van der Waals surface area contributed by atoms with Crippen molar-refractivity contribution < 1.29 is 14.6 Å². The van der Waals surface area contributed by atoms with Gasteiger partial charge in [-0.3, -0.25) is 0 Å². The minimum atomic E-state index is -0.692. The summed E-state index contributed by atoms with van der Waals surface area (Å²) in [5, 5.41) is 10.9. The van der Waals surface area contributed by atoms with Crippen LogP contribution in [0.2, 0.25) is 0 Å². The maximum absolute atomic E-state index is 10.9. The van der Waals surface area contributed by atoms with Gasteiger partial charge in [0.2, 0.25) is 0 Å². The molecule has 0 amide bonds. The van der Waals surface area contributed by atoms with Crippen molar-refractivity contribution in [1.29, 1.82) is 0 Å². The van der Waals surface area contributed by atoms with Crippen molar-refractivity contribution in [2.75, 3.05) is 13.2 Å². The molecule has 0 spiro atoms. The quantitative estimate of drug-likeness (QED) is 0.844. The molecule has 1 fully saturated rings. The van der Waals surface area contributed by atoms with Crippen molar-refractivity contribution >= 4 is 0 Å². The zero-order valence-corrected chi connectivity index (χ0v) is 11.5. The summed E-state index contributed by atoms with van der Waals surface area (Å²) < 4.78 is 11.4. The van der Waals surface area contributed by atoms with Gasteiger partial charge in [-0.2, -0.15) is 0 Å². The smallest absolute Gasteiger partial charge is 0.161 e. The Morgan fingerprint density at radius 1 is 1.16 bits per heavy atom. The summed E-state index contributed by atoms with van der Waals surface area (Å²) in [7, 11) is 0. The molecule has 3 heteroatoms. The second-order valence-electron chi connectivity index (χ2n) is 5.95. The number of rotatable bonds is 1. The second kappa shape index (κ2) is 5.04. The molecule has 2 atom stereocenters. The van der Waals surface area contributed by atoms with Gasteiger partial charge >= 0.3 is 0 Å². The predicted octanol–water partition coefficient (Wildman–Crippen LogP) is 3.25. The molecule has 1 saturated carbocycles. The van der Waals surface area contributed by atoms with Gasteiger partial charge < -0.3 is 14.6 Å². The van der Waals surface area contributed by atoms with Gasteiger partial charge in [0, 0.05) is 6.42 Å². The van der Waals surface area contributed by atoms with Crippen LogP contribution >= 0.6 is 0 Å². The van der Waals surface area contributed by atoms with E-state index in [4.69, 9.17) is 9.47 Å². The monoisotopic (exact) mass is 262 g/mol. The Bertz CT molecular complexity index is 457. The molecule has 2 unspecified atom stereocenters. The van der Waals surface area contributed by atoms with E-state index in [2.05, 4.69) is 6.92 Å². The van der Waals surface area contributed by atoms with Crippen LogP contribution in [0, 0.1) is 5.92 Å². The van der Waals surface area contributed by atoms with E-state index in [-0.39, 0.29) is 0 Å². The van der Waals surface area contributed by atoms with E-state index in [1.165, 1.54) is 6.42 Å². The molecular formula is C16H22O3. The molecule has 2 aliphatic rings. The minimum absolute atomic E-state index is 0.578. The SMILES string of the molecule is CC1CCCC(O)(c2ccc3c(c2)OCCCO3)C1. The summed E-state index contributed by atoms with van der Waals surface area (Å²) in [6.45, 7) is 3.60. The van der Waals surface area contributed by atoms with Gasteiger partial charge in [0.1, 0.15) is 0 Å². The highest BCUT2D eigenvalue weighted by Gasteiger charge is 2.35. The predicted molar refractivity (Wildman–Crippen MR) is 73.6 cm³/mol. The van der Waals surface area contributed by atoms with Crippen LogP contribution in [0.1, 0.15) is 44.6 Å². The van der Waals surface area contributed by atoms with E-state index in [9.17, 15) is 5.11 Å². The Morgan fingerprint density at radius 2 is 1.95 bits per heavy atom. The standard InChI is InChI=1S/C16H22O3/c1-12-4-2-7-16(17,11-12)13-5-6-14-15(10-13)19-9-3-8-18-14/h5-6,10,12,17H,2-4,7-9,11H2,1H3. The molecular weight excluding hydrogens is 240 g/mol. The Morgan fingerprint density at radius 3 is 2.74 bits per heavy atom. The molecule has 1 aliphatic heterocycles. The van der Waals surface area contributed by atoms with E-state index >= 15 is 0 Å². The Hall–Kier alpha value is -1.22. The Kier molecular flexibility index (Phi) is 3.40. The van der Waals surface area contributed by atoms with Crippen molar-refractivity contribution in [3.05, 3.63) is 23.8 Å². The maximum atomic E-state index is 10.9. The summed E-state index contributed by atoms with van der Waals surface area (Å²) >= 11 is 0. The maximum Gasteiger partial charge on any atom is 0.161 e. The Balaban J connectivity index is 1.90. The van der Waals surface area contributed by atoms with Gasteiger partial charge in [0.05, 0.1) is 18.8 Å². The molecule has 0 bridgehead atoms. The average Bonchev–Trinajstić information content (AvgIpc) is 2.62. The van der Waals surface area contributed by atoms with Gasteiger partial charge in [0.25, 0.3) is 0 Å². The summed E-state index contributed by atoms with van der Waals surface area (Å²) in [6, 6.07) is 5.90. The first-order valence-electron chi connectivity index (χ1n) is 7.30.